The molecule has 110 valence electrons. The van der Waals surface area contributed by atoms with Crippen LogP contribution in [0.4, 0.5) is 0 Å². The van der Waals surface area contributed by atoms with Crippen LogP contribution in [0, 0.1) is 23.7 Å². The Bertz CT molecular complexity index is 284. The van der Waals surface area contributed by atoms with Gasteiger partial charge in [0, 0.05) is 12.5 Å². The fourth-order valence-electron chi connectivity index (χ4n) is 3.74. The average molecular weight is 266 g/mol. The summed E-state index contributed by atoms with van der Waals surface area (Å²) in [5.74, 6) is 2.46. The van der Waals surface area contributed by atoms with E-state index in [0.717, 1.165) is 25.3 Å². The number of hydrogen-bond donors (Lipinski definition) is 2. The highest BCUT2D eigenvalue weighted by atomic mass is 16.1. The molecule has 2 aliphatic rings. The average Bonchev–Trinajstić information content (AvgIpc) is 2.46. The Morgan fingerprint density at radius 3 is 2.47 bits per heavy atom. The van der Waals surface area contributed by atoms with Gasteiger partial charge in [0.25, 0.3) is 0 Å². The molecule has 0 aromatic carbocycles. The Labute approximate surface area is 117 Å². The van der Waals surface area contributed by atoms with Crippen molar-refractivity contribution in [3.8, 4) is 0 Å². The summed E-state index contributed by atoms with van der Waals surface area (Å²) in [6.45, 7) is 3.89. The molecule has 0 radical (unpaired) electrons. The second-order valence-corrected chi connectivity index (χ2v) is 6.76. The predicted octanol–water partition coefficient (Wildman–Crippen LogP) is 2.69. The largest absolute Gasteiger partial charge is 0.356 e. The summed E-state index contributed by atoms with van der Waals surface area (Å²) in [7, 11) is 0. The second-order valence-electron chi connectivity index (χ2n) is 6.76. The highest BCUT2D eigenvalue weighted by Gasteiger charge is 2.30. The van der Waals surface area contributed by atoms with E-state index in [2.05, 4.69) is 12.2 Å². The summed E-state index contributed by atoms with van der Waals surface area (Å²) in [5, 5.41) is 3.21. The summed E-state index contributed by atoms with van der Waals surface area (Å²) >= 11 is 0. The minimum Gasteiger partial charge on any atom is -0.356 e. The molecule has 2 fully saturated rings. The fraction of sp³-hybridized carbons (Fsp3) is 0.938. The molecule has 2 unspecified atom stereocenters. The van der Waals surface area contributed by atoms with Crippen molar-refractivity contribution in [1.82, 2.24) is 5.32 Å². The van der Waals surface area contributed by atoms with Crippen LogP contribution in [0.5, 0.6) is 0 Å². The molecule has 0 aromatic rings. The molecule has 3 heteroatoms. The van der Waals surface area contributed by atoms with Crippen LogP contribution in [-0.4, -0.2) is 19.0 Å². The maximum Gasteiger partial charge on any atom is 0.223 e. The Balaban J connectivity index is 1.74. The quantitative estimate of drug-likeness (QED) is 0.822. The minimum atomic E-state index is 0.182. The lowest BCUT2D eigenvalue weighted by Gasteiger charge is -2.31. The van der Waals surface area contributed by atoms with Crippen molar-refractivity contribution < 1.29 is 4.79 Å². The van der Waals surface area contributed by atoms with Crippen LogP contribution >= 0.6 is 0 Å². The van der Waals surface area contributed by atoms with Gasteiger partial charge in [0.05, 0.1) is 0 Å². The van der Waals surface area contributed by atoms with Crippen molar-refractivity contribution in [3.05, 3.63) is 0 Å². The SMILES string of the molecule is CC1CCC(CNC(=O)C2CCCCC2CN)CC1. The molecular formula is C16H30N2O. The van der Waals surface area contributed by atoms with Gasteiger partial charge in [-0.2, -0.15) is 0 Å². The van der Waals surface area contributed by atoms with Gasteiger partial charge in [0.15, 0.2) is 0 Å². The molecule has 2 aliphatic carbocycles. The number of hydrogen-bond acceptors (Lipinski definition) is 2. The number of nitrogens with two attached hydrogens (primary N) is 1. The predicted molar refractivity (Wildman–Crippen MR) is 78.6 cm³/mol. The second kappa shape index (κ2) is 7.28. The van der Waals surface area contributed by atoms with Gasteiger partial charge in [-0.25, -0.2) is 0 Å². The van der Waals surface area contributed by atoms with Gasteiger partial charge in [-0.15, -0.1) is 0 Å². The first-order chi connectivity index (χ1) is 9.20. The van der Waals surface area contributed by atoms with Crippen LogP contribution in [0.15, 0.2) is 0 Å². The zero-order valence-electron chi connectivity index (χ0n) is 12.4. The molecule has 0 saturated heterocycles. The summed E-state index contributed by atoms with van der Waals surface area (Å²) in [4.78, 5) is 12.3. The van der Waals surface area contributed by atoms with Crippen molar-refractivity contribution in [3.63, 3.8) is 0 Å². The Hall–Kier alpha value is -0.570. The number of carbonyl (C=O) groups is 1. The van der Waals surface area contributed by atoms with Gasteiger partial charge in [-0.1, -0.05) is 32.6 Å². The molecule has 0 aromatic heterocycles. The molecule has 2 rings (SSSR count). The molecule has 0 spiro atoms. The van der Waals surface area contributed by atoms with Gasteiger partial charge in [-0.05, 0) is 50.0 Å². The fourth-order valence-corrected chi connectivity index (χ4v) is 3.74. The van der Waals surface area contributed by atoms with E-state index < -0.39 is 0 Å². The van der Waals surface area contributed by atoms with Crippen LogP contribution in [0.2, 0.25) is 0 Å². The number of carbonyl (C=O) groups excluding carboxylic acids is 1. The number of nitrogens with one attached hydrogen (secondary N) is 1. The highest BCUT2D eigenvalue weighted by Crippen LogP contribution is 2.30. The topological polar surface area (TPSA) is 55.1 Å². The van der Waals surface area contributed by atoms with E-state index in [-0.39, 0.29) is 11.8 Å². The molecule has 1 amide bonds. The third-order valence-corrected chi connectivity index (χ3v) is 5.25. The van der Waals surface area contributed by atoms with Gasteiger partial charge >= 0.3 is 0 Å². The van der Waals surface area contributed by atoms with E-state index in [4.69, 9.17) is 5.73 Å². The molecule has 0 bridgehead atoms. The molecule has 2 atom stereocenters. The summed E-state index contributed by atoms with van der Waals surface area (Å²) < 4.78 is 0. The molecule has 2 saturated carbocycles. The number of amides is 1. The zero-order chi connectivity index (χ0) is 13.7. The summed E-state index contributed by atoms with van der Waals surface area (Å²) in [5.41, 5.74) is 5.81. The molecule has 0 aliphatic heterocycles. The molecule has 19 heavy (non-hydrogen) atoms. The van der Waals surface area contributed by atoms with Gasteiger partial charge < -0.3 is 11.1 Å². The monoisotopic (exact) mass is 266 g/mol. The van der Waals surface area contributed by atoms with E-state index in [9.17, 15) is 4.79 Å². The number of rotatable bonds is 4. The van der Waals surface area contributed by atoms with Crippen LogP contribution in [-0.2, 0) is 4.79 Å². The summed E-state index contributed by atoms with van der Waals surface area (Å²) in [6, 6.07) is 0. The van der Waals surface area contributed by atoms with Crippen LogP contribution in [0.3, 0.4) is 0 Å². The van der Waals surface area contributed by atoms with Crippen molar-refractivity contribution in [2.45, 2.75) is 58.3 Å². The van der Waals surface area contributed by atoms with Crippen molar-refractivity contribution >= 4 is 5.91 Å². The van der Waals surface area contributed by atoms with Crippen LogP contribution < -0.4 is 11.1 Å². The van der Waals surface area contributed by atoms with Crippen LogP contribution in [0.1, 0.15) is 58.3 Å². The Morgan fingerprint density at radius 2 is 1.79 bits per heavy atom. The van der Waals surface area contributed by atoms with E-state index in [1.54, 1.807) is 0 Å². The lowest BCUT2D eigenvalue weighted by atomic mass is 9.78. The third-order valence-electron chi connectivity index (χ3n) is 5.25. The first-order valence-corrected chi connectivity index (χ1v) is 8.18. The third kappa shape index (κ3) is 4.20. The maximum atomic E-state index is 12.3. The molecule has 3 N–H and O–H groups in total. The lowest BCUT2D eigenvalue weighted by molar-refractivity contribution is -0.127. The van der Waals surface area contributed by atoms with Crippen molar-refractivity contribution in [2.24, 2.45) is 29.4 Å². The molecular weight excluding hydrogens is 236 g/mol. The highest BCUT2D eigenvalue weighted by molar-refractivity contribution is 5.79. The van der Waals surface area contributed by atoms with E-state index in [1.807, 2.05) is 0 Å². The normalized spacial score (nSPS) is 35.9. The first-order valence-electron chi connectivity index (χ1n) is 8.18. The molecule has 3 nitrogen and oxygen atoms in total. The van der Waals surface area contributed by atoms with Gasteiger partial charge in [0.2, 0.25) is 5.91 Å². The zero-order valence-corrected chi connectivity index (χ0v) is 12.4. The van der Waals surface area contributed by atoms with Gasteiger partial charge in [-0.3, -0.25) is 4.79 Å². The van der Waals surface area contributed by atoms with Crippen molar-refractivity contribution in [1.29, 1.82) is 0 Å². The van der Waals surface area contributed by atoms with E-state index in [1.165, 1.54) is 38.5 Å². The van der Waals surface area contributed by atoms with E-state index in [0.29, 0.717) is 18.4 Å². The smallest absolute Gasteiger partial charge is 0.223 e. The molecule has 0 heterocycles. The lowest BCUT2D eigenvalue weighted by Crippen LogP contribution is -2.41. The Kier molecular flexibility index (Phi) is 5.68. The van der Waals surface area contributed by atoms with E-state index >= 15 is 0 Å². The van der Waals surface area contributed by atoms with Crippen molar-refractivity contribution in [2.75, 3.05) is 13.1 Å². The van der Waals surface area contributed by atoms with Crippen LogP contribution in [0.25, 0.3) is 0 Å². The first kappa shape index (κ1) is 14.8. The van der Waals surface area contributed by atoms with Gasteiger partial charge in [0.1, 0.15) is 0 Å². The summed E-state index contributed by atoms with van der Waals surface area (Å²) in [6.07, 6.45) is 9.83. The Morgan fingerprint density at radius 1 is 1.11 bits per heavy atom. The minimum absolute atomic E-state index is 0.182. The maximum absolute atomic E-state index is 12.3. The standard InChI is InChI=1S/C16H30N2O/c1-12-6-8-13(9-7-12)11-18-16(19)15-5-3-2-4-14(15)10-17/h12-15H,2-11,17H2,1H3,(H,18,19).